The van der Waals surface area contributed by atoms with Crippen molar-refractivity contribution < 1.29 is 0 Å². The van der Waals surface area contributed by atoms with Gasteiger partial charge in [0.1, 0.15) is 17.5 Å². The standard InChI is InChI=1S/C17H26N4/c1-10(14-8-11-3-4-13(14)7-11)19-16-9-15(18-2)20-17(21-16)12-5-6-12/h9-14H,3-8H2,1-2H3,(H2,18,19,20,21). The summed E-state index contributed by atoms with van der Waals surface area (Å²) in [6, 6.07) is 2.57. The minimum absolute atomic E-state index is 0.520. The first-order valence-electron chi connectivity index (χ1n) is 8.56. The molecule has 0 amide bonds. The Morgan fingerprint density at radius 2 is 1.90 bits per heavy atom. The minimum atomic E-state index is 0.520. The quantitative estimate of drug-likeness (QED) is 0.868. The molecule has 3 aliphatic rings. The van der Waals surface area contributed by atoms with Crippen molar-refractivity contribution in [1.82, 2.24) is 9.97 Å². The molecule has 2 N–H and O–H groups in total. The lowest BCUT2D eigenvalue weighted by Crippen LogP contribution is -2.30. The van der Waals surface area contributed by atoms with Crippen molar-refractivity contribution in [2.75, 3.05) is 17.7 Å². The monoisotopic (exact) mass is 286 g/mol. The molecule has 4 atom stereocenters. The second-order valence-electron chi connectivity index (χ2n) is 7.29. The molecule has 2 bridgehead atoms. The minimum Gasteiger partial charge on any atom is -0.373 e. The number of hydrogen-bond acceptors (Lipinski definition) is 4. The van der Waals surface area contributed by atoms with Gasteiger partial charge in [0.15, 0.2) is 0 Å². The van der Waals surface area contributed by atoms with Gasteiger partial charge in [0.05, 0.1) is 0 Å². The zero-order valence-electron chi connectivity index (χ0n) is 13.1. The predicted molar refractivity (Wildman–Crippen MR) is 85.6 cm³/mol. The molecular weight excluding hydrogens is 260 g/mol. The molecule has 3 fully saturated rings. The Morgan fingerprint density at radius 1 is 1.10 bits per heavy atom. The van der Waals surface area contributed by atoms with Gasteiger partial charge in [0, 0.05) is 25.1 Å². The van der Waals surface area contributed by atoms with Crippen LogP contribution in [-0.2, 0) is 0 Å². The van der Waals surface area contributed by atoms with Gasteiger partial charge < -0.3 is 10.6 Å². The summed E-state index contributed by atoms with van der Waals surface area (Å²) in [4.78, 5) is 9.35. The topological polar surface area (TPSA) is 49.8 Å². The number of anilines is 2. The van der Waals surface area contributed by atoms with E-state index >= 15 is 0 Å². The lowest BCUT2D eigenvalue weighted by atomic mass is 9.84. The highest BCUT2D eigenvalue weighted by Crippen LogP contribution is 2.49. The highest BCUT2D eigenvalue weighted by atomic mass is 15.1. The van der Waals surface area contributed by atoms with Gasteiger partial charge in [0.25, 0.3) is 0 Å². The molecule has 1 heterocycles. The summed E-state index contributed by atoms with van der Waals surface area (Å²) >= 11 is 0. The summed E-state index contributed by atoms with van der Waals surface area (Å²) < 4.78 is 0. The van der Waals surface area contributed by atoms with Crippen molar-refractivity contribution in [3.05, 3.63) is 11.9 Å². The Balaban J connectivity index is 1.49. The van der Waals surface area contributed by atoms with Crippen molar-refractivity contribution in [2.45, 2.75) is 57.4 Å². The van der Waals surface area contributed by atoms with Crippen molar-refractivity contribution in [1.29, 1.82) is 0 Å². The molecule has 3 aliphatic carbocycles. The van der Waals surface area contributed by atoms with E-state index in [2.05, 4.69) is 28.6 Å². The maximum atomic E-state index is 4.75. The smallest absolute Gasteiger partial charge is 0.136 e. The van der Waals surface area contributed by atoms with E-state index in [4.69, 9.17) is 4.98 Å². The molecule has 3 saturated carbocycles. The normalized spacial score (nSPS) is 32.2. The van der Waals surface area contributed by atoms with E-state index in [1.165, 1.54) is 38.5 Å². The molecule has 4 nitrogen and oxygen atoms in total. The van der Waals surface area contributed by atoms with Crippen LogP contribution < -0.4 is 10.6 Å². The van der Waals surface area contributed by atoms with E-state index < -0.39 is 0 Å². The van der Waals surface area contributed by atoms with Crippen LogP contribution in [0.5, 0.6) is 0 Å². The van der Waals surface area contributed by atoms with Gasteiger partial charge in [-0.1, -0.05) is 6.42 Å². The zero-order chi connectivity index (χ0) is 14.4. The van der Waals surface area contributed by atoms with Crippen molar-refractivity contribution in [3.8, 4) is 0 Å². The molecule has 0 aliphatic heterocycles. The highest BCUT2D eigenvalue weighted by Gasteiger charge is 2.41. The third kappa shape index (κ3) is 2.60. The number of nitrogens with zero attached hydrogens (tertiary/aromatic N) is 2. The number of fused-ring (bicyclic) bond motifs is 2. The maximum absolute atomic E-state index is 4.75. The van der Waals surface area contributed by atoms with Gasteiger partial charge in [0.2, 0.25) is 0 Å². The molecule has 114 valence electrons. The fourth-order valence-electron chi connectivity index (χ4n) is 4.44. The summed E-state index contributed by atoms with van der Waals surface area (Å²) in [6.45, 7) is 2.34. The van der Waals surface area contributed by atoms with Crippen LogP contribution in [0, 0.1) is 17.8 Å². The molecule has 1 aromatic heterocycles. The van der Waals surface area contributed by atoms with Crippen LogP contribution >= 0.6 is 0 Å². The fourth-order valence-corrected chi connectivity index (χ4v) is 4.44. The van der Waals surface area contributed by atoms with Crippen LogP contribution in [0.1, 0.15) is 57.2 Å². The van der Waals surface area contributed by atoms with Gasteiger partial charge in [-0.3, -0.25) is 0 Å². The van der Waals surface area contributed by atoms with Gasteiger partial charge >= 0.3 is 0 Å². The van der Waals surface area contributed by atoms with Crippen molar-refractivity contribution in [2.24, 2.45) is 17.8 Å². The third-order valence-electron chi connectivity index (χ3n) is 5.75. The van der Waals surface area contributed by atoms with Crippen LogP contribution in [0.4, 0.5) is 11.6 Å². The number of hydrogen-bond donors (Lipinski definition) is 2. The number of nitrogens with one attached hydrogen (secondary N) is 2. The fraction of sp³-hybridized carbons (Fsp3) is 0.765. The third-order valence-corrected chi connectivity index (χ3v) is 5.75. The van der Waals surface area contributed by atoms with Crippen LogP contribution in [0.25, 0.3) is 0 Å². The Kier molecular flexibility index (Phi) is 3.27. The van der Waals surface area contributed by atoms with Gasteiger partial charge in [-0.05, 0) is 56.8 Å². The van der Waals surface area contributed by atoms with Crippen LogP contribution in [0.3, 0.4) is 0 Å². The summed E-state index contributed by atoms with van der Waals surface area (Å²) in [7, 11) is 1.93. The van der Waals surface area contributed by atoms with E-state index in [1.54, 1.807) is 0 Å². The SMILES string of the molecule is CNc1cc(NC(C)C2CC3CCC2C3)nc(C2CC2)n1. The molecule has 0 aromatic carbocycles. The summed E-state index contributed by atoms with van der Waals surface area (Å²) in [5.74, 6) is 6.35. The first-order chi connectivity index (χ1) is 10.2. The molecule has 4 heteroatoms. The Hall–Kier alpha value is -1.32. The second kappa shape index (κ2) is 5.15. The first-order valence-corrected chi connectivity index (χ1v) is 8.56. The zero-order valence-corrected chi connectivity index (χ0v) is 13.1. The van der Waals surface area contributed by atoms with Crippen LogP contribution in [0.2, 0.25) is 0 Å². The Labute approximate surface area is 127 Å². The van der Waals surface area contributed by atoms with Crippen molar-refractivity contribution >= 4 is 11.6 Å². The molecule has 4 rings (SSSR count). The van der Waals surface area contributed by atoms with E-state index in [1.807, 2.05) is 7.05 Å². The highest BCUT2D eigenvalue weighted by molar-refractivity contribution is 5.48. The van der Waals surface area contributed by atoms with E-state index in [0.717, 1.165) is 35.2 Å². The predicted octanol–water partition coefficient (Wildman–Crippen LogP) is 3.63. The number of aromatic nitrogens is 2. The average molecular weight is 286 g/mol. The largest absolute Gasteiger partial charge is 0.373 e. The van der Waals surface area contributed by atoms with Gasteiger partial charge in [-0.15, -0.1) is 0 Å². The summed E-state index contributed by atoms with van der Waals surface area (Å²) in [6.07, 6.45) is 8.29. The molecule has 0 spiro atoms. The van der Waals surface area contributed by atoms with E-state index in [0.29, 0.717) is 12.0 Å². The number of rotatable bonds is 5. The average Bonchev–Trinajstić information content (AvgIpc) is 3.14. The van der Waals surface area contributed by atoms with Crippen LogP contribution in [0.15, 0.2) is 6.07 Å². The van der Waals surface area contributed by atoms with E-state index in [-0.39, 0.29) is 0 Å². The Morgan fingerprint density at radius 3 is 2.52 bits per heavy atom. The second-order valence-corrected chi connectivity index (χ2v) is 7.29. The summed E-state index contributed by atoms with van der Waals surface area (Å²) in [5, 5.41) is 6.84. The maximum Gasteiger partial charge on any atom is 0.136 e. The van der Waals surface area contributed by atoms with E-state index in [9.17, 15) is 0 Å². The first kappa shape index (κ1) is 13.4. The van der Waals surface area contributed by atoms with Gasteiger partial charge in [-0.25, -0.2) is 9.97 Å². The lowest BCUT2D eigenvalue weighted by molar-refractivity contribution is 0.304. The molecule has 1 aromatic rings. The molecule has 4 unspecified atom stereocenters. The van der Waals surface area contributed by atoms with Gasteiger partial charge in [-0.2, -0.15) is 0 Å². The molecule has 0 radical (unpaired) electrons. The summed E-state index contributed by atoms with van der Waals surface area (Å²) in [5.41, 5.74) is 0. The Bertz CT molecular complexity index is 526. The van der Waals surface area contributed by atoms with Crippen LogP contribution in [-0.4, -0.2) is 23.1 Å². The molecule has 21 heavy (non-hydrogen) atoms. The van der Waals surface area contributed by atoms with Crippen molar-refractivity contribution in [3.63, 3.8) is 0 Å². The molecule has 0 saturated heterocycles. The molecular formula is C17H26N4. The lowest BCUT2D eigenvalue weighted by Gasteiger charge is -2.29.